The molecule has 2 aliphatic rings. The number of allylic oxidation sites excluding steroid dienone is 2. The van der Waals surface area contributed by atoms with E-state index in [1.54, 1.807) is 6.08 Å². The van der Waals surface area contributed by atoms with Gasteiger partial charge in [-0.1, -0.05) is 62.4 Å². The van der Waals surface area contributed by atoms with E-state index < -0.39 is 0 Å². The van der Waals surface area contributed by atoms with Gasteiger partial charge in [-0.3, -0.25) is 4.79 Å². The Morgan fingerprint density at radius 3 is 2.76 bits per heavy atom. The molecule has 1 aromatic carbocycles. The van der Waals surface area contributed by atoms with Gasteiger partial charge in [-0.15, -0.1) is 0 Å². The third-order valence-electron chi connectivity index (χ3n) is 4.86. The van der Waals surface area contributed by atoms with Crippen molar-refractivity contribution in [3.63, 3.8) is 0 Å². The molecule has 1 aromatic rings. The van der Waals surface area contributed by atoms with Crippen molar-refractivity contribution in [2.45, 2.75) is 33.0 Å². The molecule has 0 amide bonds. The predicted molar refractivity (Wildman–Crippen MR) is 83.7 cm³/mol. The Morgan fingerprint density at radius 2 is 2.00 bits per heavy atom. The first-order valence-electron chi connectivity index (χ1n) is 7.65. The van der Waals surface area contributed by atoms with E-state index in [4.69, 9.17) is 4.74 Å². The van der Waals surface area contributed by atoms with Gasteiger partial charge in [-0.25, -0.2) is 0 Å². The van der Waals surface area contributed by atoms with Crippen LogP contribution in [0.5, 0.6) is 0 Å². The van der Waals surface area contributed by atoms with Gasteiger partial charge in [0, 0.05) is 11.8 Å². The summed E-state index contributed by atoms with van der Waals surface area (Å²) in [5.74, 6) is 0.966. The van der Waals surface area contributed by atoms with Crippen LogP contribution in [-0.2, 0) is 16.1 Å². The van der Waals surface area contributed by atoms with Gasteiger partial charge in [0.2, 0.25) is 0 Å². The Morgan fingerprint density at radius 1 is 1.24 bits per heavy atom. The Bertz CT molecular complexity index is 572. The number of ketones is 1. The third-order valence-corrected chi connectivity index (χ3v) is 4.86. The molecule has 4 atom stereocenters. The first-order chi connectivity index (χ1) is 10.1. The van der Waals surface area contributed by atoms with Gasteiger partial charge in [0.05, 0.1) is 12.7 Å². The first kappa shape index (κ1) is 14.3. The van der Waals surface area contributed by atoms with Crippen molar-refractivity contribution in [1.82, 2.24) is 0 Å². The molecule has 0 unspecified atom stereocenters. The van der Waals surface area contributed by atoms with Crippen molar-refractivity contribution in [1.29, 1.82) is 0 Å². The predicted octanol–water partition coefficient (Wildman–Crippen LogP) is 3.93. The van der Waals surface area contributed by atoms with Crippen LogP contribution >= 0.6 is 0 Å². The second-order valence-electron chi connectivity index (χ2n) is 6.47. The van der Waals surface area contributed by atoms with Gasteiger partial charge in [0.15, 0.2) is 5.78 Å². The summed E-state index contributed by atoms with van der Waals surface area (Å²) in [4.78, 5) is 11.8. The average Bonchev–Trinajstić information content (AvgIpc) is 2.76. The summed E-state index contributed by atoms with van der Waals surface area (Å²) in [6.45, 7) is 4.98. The molecule has 2 heteroatoms. The summed E-state index contributed by atoms with van der Waals surface area (Å²) >= 11 is 0. The monoisotopic (exact) mass is 282 g/mol. The van der Waals surface area contributed by atoms with E-state index in [1.165, 1.54) is 5.56 Å². The van der Waals surface area contributed by atoms with E-state index in [-0.39, 0.29) is 17.3 Å². The van der Waals surface area contributed by atoms with Gasteiger partial charge in [0.1, 0.15) is 0 Å². The number of carbonyl (C=O) groups excluding carboxylic acids is 1. The summed E-state index contributed by atoms with van der Waals surface area (Å²) in [5, 5.41) is 0. The highest BCUT2D eigenvalue weighted by atomic mass is 16.5. The molecule has 0 fully saturated rings. The molecular weight excluding hydrogens is 260 g/mol. The zero-order valence-electron chi connectivity index (χ0n) is 12.7. The van der Waals surface area contributed by atoms with Crippen LogP contribution in [0.4, 0.5) is 0 Å². The summed E-state index contributed by atoms with van der Waals surface area (Å²) in [6.07, 6.45) is 8.90. The molecule has 3 rings (SSSR count). The Labute approximate surface area is 126 Å². The summed E-state index contributed by atoms with van der Waals surface area (Å²) in [7, 11) is 0. The smallest absolute Gasteiger partial charge is 0.155 e. The van der Waals surface area contributed by atoms with Crippen molar-refractivity contribution < 1.29 is 9.53 Å². The first-order valence-corrected chi connectivity index (χ1v) is 7.65. The van der Waals surface area contributed by atoms with Crippen LogP contribution in [0.1, 0.15) is 25.8 Å². The minimum atomic E-state index is -0.111. The Balaban J connectivity index is 1.76. The molecule has 21 heavy (non-hydrogen) atoms. The van der Waals surface area contributed by atoms with Crippen LogP contribution in [0, 0.1) is 17.3 Å². The standard InChI is InChI=1S/C19H22O2/c1-14-12-16(20)10-11-19(2)17(14)8-9-18(19)21-13-15-6-4-3-5-7-15/h3-11,14,17-18H,12-13H2,1-2H3/t14-,17+,18+,19+/m1/s1. The lowest BCUT2D eigenvalue weighted by Crippen LogP contribution is -2.35. The van der Waals surface area contributed by atoms with Crippen molar-refractivity contribution >= 4 is 5.78 Å². The second-order valence-corrected chi connectivity index (χ2v) is 6.47. The molecule has 0 heterocycles. The van der Waals surface area contributed by atoms with Crippen LogP contribution < -0.4 is 0 Å². The third kappa shape index (κ3) is 2.73. The molecule has 0 spiro atoms. The maximum Gasteiger partial charge on any atom is 0.155 e. The van der Waals surface area contributed by atoms with Crippen LogP contribution in [0.2, 0.25) is 0 Å². The number of rotatable bonds is 3. The van der Waals surface area contributed by atoms with Crippen molar-refractivity contribution in [3.05, 3.63) is 60.2 Å². The fourth-order valence-corrected chi connectivity index (χ4v) is 3.61. The minimum absolute atomic E-state index is 0.0345. The molecule has 0 bridgehead atoms. The van der Waals surface area contributed by atoms with Crippen LogP contribution in [0.15, 0.2) is 54.6 Å². The molecule has 2 aliphatic carbocycles. The lowest BCUT2D eigenvalue weighted by atomic mass is 9.72. The van der Waals surface area contributed by atoms with E-state index >= 15 is 0 Å². The summed E-state index contributed by atoms with van der Waals surface area (Å²) in [6, 6.07) is 10.2. The number of benzene rings is 1. The number of hydrogen-bond acceptors (Lipinski definition) is 2. The van der Waals surface area contributed by atoms with E-state index in [0.717, 1.165) is 0 Å². The number of ether oxygens (including phenoxy) is 1. The van der Waals surface area contributed by atoms with Crippen molar-refractivity contribution in [3.8, 4) is 0 Å². The lowest BCUT2D eigenvalue weighted by molar-refractivity contribution is -0.115. The highest BCUT2D eigenvalue weighted by molar-refractivity contribution is 5.90. The normalized spacial score (nSPS) is 34.8. The molecule has 2 nitrogen and oxygen atoms in total. The largest absolute Gasteiger partial charge is 0.369 e. The van der Waals surface area contributed by atoms with Crippen LogP contribution in [0.25, 0.3) is 0 Å². The maximum absolute atomic E-state index is 11.8. The van der Waals surface area contributed by atoms with Crippen LogP contribution in [-0.4, -0.2) is 11.9 Å². The topological polar surface area (TPSA) is 26.3 Å². The van der Waals surface area contributed by atoms with Crippen LogP contribution in [0.3, 0.4) is 0 Å². The fraction of sp³-hybridized carbons (Fsp3) is 0.421. The minimum Gasteiger partial charge on any atom is -0.369 e. The highest BCUT2D eigenvalue weighted by Gasteiger charge is 2.45. The Kier molecular flexibility index (Phi) is 3.81. The molecular formula is C19H22O2. The van der Waals surface area contributed by atoms with Gasteiger partial charge < -0.3 is 4.74 Å². The molecule has 0 aliphatic heterocycles. The Hall–Kier alpha value is -1.67. The van der Waals surface area contributed by atoms with E-state index in [2.05, 4.69) is 44.2 Å². The van der Waals surface area contributed by atoms with Gasteiger partial charge in [-0.2, -0.15) is 0 Å². The van der Waals surface area contributed by atoms with Gasteiger partial charge in [-0.05, 0) is 23.5 Å². The molecule has 0 radical (unpaired) electrons. The number of carbonyl (C=O) groups is 1. The van der Waals surface area contributed by atoms with Gasteiger partial charge in [0.25, 0.3) is 0 Å². The molecule has 0 saturated heterocycles. The lowest BCUT2D eigenvalue weighted by Gasteiger charge is -2.36. The van der Waals surface area contributed by atoms with Crippen molar-refractivity contribution in [2.24, 2.45) is 17.3 Å². The molecule has 110 valence electrons. The van der Waals surface area contributed by atoms with E-state index in [1.807, 2.05) is 18.2 Å². The van der Waals surface area contributed by atoms with E-state index in [9.17, 15) is 4.79 Å². The zero-order chi connectivity index (χ0) is 14.9. The summed E-state index contributed by atoms with van der Waals surface area (Å²) < 4.78 is 6.15. The summed E-state index contributed by atoms with van der Waals surface area (Å²) in [5.41, 5.74) is 1.07. The van der Waals surface area contributed by atoms with E-state index in [0.29, 0.717) is 24.9 Å². The number of fused-ring (bicyclic) bond motifs is 1. The second kappa shape index (κ2) is 5.61. The molecule has 0 N–H and O–H groups in total. The highest BCUT2D eigenvalue weighted by Crippen LogP contribution is 2.47. The molecule has 0 aromatic heterocycles. The quantitative estimate of drug-likeness (QED) is 0.785. The van der Waals surface area contributed by atoms with Crippen molar-refractivity contribution in [2.75, 3.05) is 0 Å². The molecule has 0 saturated carbocycles. The average molecular weight is 282 g/mol. The zero-order valence-corrected chi connectivity index (χ0v) is 12.7. The van der Waals surface area contributed by atoms with Gasteiger partial charge >= 0.3 is 0 Å². The maximum atomic E-state index is 11.8. The fourth-order valence-electron chi connectivity index (χ4n) is 3.61. The number of hydrogen-bond donors (Lipinski definition) is 0. The SMILES string of the molecule is C[C@@H]1CC(=O)C=C[C@]2(C)[C@@H](OCc3ccccc3)C=C[C@@H]12.